The van der Waals surface area contributed by atoms with Gasteiger partial charge in [-0.05, 0) is 38.5 Å². The smallest absolute Gasteiger partial charge is 0.274 e. The first-order chi connectivity index (χ1) is 12.7. The Kier molecular flexibility index (Phi) is 4.61. The Morgan fingerprint density at radius 2 is 1.96 bits per heavy atom. The van der Waals surface area contributed by atoms with Gasteiger partial charge in [0.25, 0.3) is 5.91 Å². The Hall–Kier alpha value is -3.36. The van der Waals surface area contributed by atoms with Crippen molar-refractivity contribution in [3.05, 3.63) is 59.4 Å². The van der Waals surface area contributed by atoms with Crippen LogP contribution in [0.1, 0.15) is 35.6 Å². The van der Waals surface area contributed by atoms with Crippen LogP contribution in [0, 0.1) is 18.6 Å². The summed E-state index contributed by atoms with van der Waals surface area (Å²) in [5.41, 5.74) is 6.00. The van der Waals surface area contributed by atoms with Gasteiger partial charge in [-0.1, -0.05) is 6.07 Å². The number of hydrogen-bond acceptors (Lipinski definition) is 6. The number of nitrogens with zero attached hydrogens (tertiary/aromatic N) is 3. The Labute approximate surface area is 153 Å². The minimum absolute atomic E-state index is 0.0774. The molecule has 0 bridgehead atoms. The average molecular weight is 373 g/mol. The molecule has 0 spiro atoms. The maximum atomic E-state index is 13.5. The molecule has 0 radical (unpaired) electrons. The van der Waals surface area contributed by atoms with E-state index in [0.717, 1.165) is 12.1 Å². The summed E-state index contributed by atoms with van der Waals surface area (Å²) < 4.78 is 31.9. The van der Waals surface area contributed by atoms with Crippen molar-refractivity contribution in [3.63, 3.8) is 0 Å². The largest absolute Gasteiger partial charge is 0.442 e. The number of carbonyl (C=O) groups is 1. The Morgan fingerprint density at radius 1 is 1.22 bits per heavy atom. The second kappa shape index (κ2) is 6.75. The van der Waals surface area contributed by atoms with E-state index < -0.39 is 23.1 Å². The number of rotatable bonds is 4. The zero-order valence-electron chi connectivity index (χ0n) is 14.9. The highest BCUT2D eigenvalue weighted by Gasteiger charge is 2.27. The molecule has 3 aromatic rings. The topological polar surface area (TPSA) is 107 Å². The summed E-state index contributed by atoms with van der Waals surface area (Å²) in [5, 5.41) is 2.71. The van der Waals surface area contributed by atoms with E-state index in [2.05, 4.69) is 20.3 Å². The molecule has 0 aliphatic heterocycles. The van der Waals surface area contributed by atoms with Crippen molar-refractivity contribution < 1.29 is 18.0 Å². The van der Waals surface area contributed by atoms with E-state index in [-0.39, 0.29) is 11.5 Å². The molecule has 0 aliphatic rings. The van der Waals surface area contributed by atoms with Gasteiger partial charge < -0.3 is 15.5 Å². The minimum atomic E-state index is -1.00. The lowest BCUT2D eigenvalue weighted by Crippen LogP contribution is -2.41. The Bertz CT molecular complexity index is 1000. The van der Waals surface area contributed by atoms with Crippen molar-refractivity contribution in [1.29, 1.82) is 0 Å². The van der Waals surface area contributed by atoms with Crippen LogP contribution in [-0.4, -0.2) is 20.9 Å². The number of anilines is 1. The summed E-state index contributed by atoms with van der Waals surface area (Å²) in [6.07, 6.45) is 2.71. The van der Waals surface area contributed by atoms with Gasteiger partial charge in [-0.3, -0.25) is 4.79 Å². The zero-order valence-corrected chi connectivity index (χ0v) is 14.9. The summed E-state index contributed by atoms with van der Waals surface area (Å²) in [6, 6.07) is 3.43. The van der Waals surface area contributed by atoms with Crippen molar-refractivity contribution in [1.82, 2.24) is 20.3 Å². The third-order valence-corrected chi connectivity index (χ3v) is 4.05. The average Bonchev–Trinajstić information content (AvgIpc) is 3.12. The number of benzene rings is 1. The van der Waals surface area contributed by atoms with Crippen LogP contribution in [0.4, 0.5) is 14.6 Å². The van der Waals surface area contributed by atoms with Crippen molar-refractivity contribution in [2.45, 2.75) is 26.3 Å². The SMILES string of the molecule is Cc1nc(C(=O)NC(C)(C)c2ccc(F)c(F)c2)c(N)nc1-c1cnco1. The van der Waals surface area contributed by atoms with Crippen LogP contribution < -0.4 is 11.1 Å². The molecule has 140 valence electrons. The fourth-order valence-electron chi connectivity index (χ4n) is 2.57. The summed E-state index contributed by atoms with van der Waals surface area (Å²) in [6.45, 7) is 4.95. The van der Waals surface area contributed by atoms with Gasteiger partial charge in [-0.25, -0.2) is 23.7 Å². The van der Waals surface area contributed by atoms with Crippen LogP contribution in [0.5, 0.6) is 0 Å². The third kappa shape index (κ3) is 3.62. The monoisotopic (exact) mass is 373 g/mol. The zero-order chi connectivity index (χ0) is 19.8. The molecule has 0 aliphatic carbocycles. The molecule has 1 aromatic carbocycles. The number of aryl methyl sites for hydroxylation is 1. The number of nitrogen functional groups attached to an aromatic ring is 1. The third-order valence-electron chi connectivity index (χ3n) is 4.05. The molecule has 1 amide bonds. The van der Waals surface area contributed by atoms with E-state index in [1.54, 1.807) is 20.8 Å². The maximum absolute atomic E-state index is 13.5. The molecule has 3 rings (SSSR count). The lowest BCUT2D eigenvalue weighted by Gasteiger charge is -2.27. The number of halogens is 2. The fraction of sp³-hybridized carbons (Fsp3) is 0.222. The first kappa shape index (κ1) is 18.4. The fourth-order valence-corrected chi connectivity index (χ4v) is 2.57. The van der Waals surface area contributed by atoms with Gasteiger partial charge in [0.2, 0.25) is 0 Å². The molecule has 27 heavy (non-hydrogen) atoms. The Balaban J connectivity index is 1.89. The highest BCUT2D eigenvalue weighted by Crippen LogP contribution is 2.25. The van der Waals surface area contributed by atoms with Crippen LogP contribution in [0.2, 0.25) is 0 Å². The number of oxazole rings is 1. The van der Waals surface area contributed by atoms with Gasteiger partial charge in [0.15, 0.2) is 35.3 Å². The van der Waals surface area contributed by atoms with E-state index in [0.29, 0.717) is 22.7 Å². The molecular weight excluding hydrogens is 356 g/mol. The van der Waals surface area contributed by atoms with Gasteiger partial charge in [0.1, 0.15) is 5.69 Å². The van der Waals surface area contributed by atoms with E-state index >= 15 is 0 Å². The standard InChI is InChI=1S/C18H17F2N5O2/c1-9-14(13-7-22-8-27-13)24-16(21)15(23-9)17(26)25-18(2,3)10-4-5-11(19)12(20)6-10/h4-8H,1-3H3,(H2,21,24)(H,25,26). The first-order valence-corrected chi connectivity index (χ1v) is 8.00. The molecule has 0 fully saturated rings. The van der Waals surface area contributed by atoms with Crippen molar-refractivity contribution in [2.75, 3.05) is 5.73 Å². The lowest BCUT2D eigenvalue weighted by atomic mass is 9.94. The second-order valence-corrected chi connectivity index (χ2v) is 6.47. The number of amides is 1. The summed E-state index contributed by atoms with van der Waals surface area (Å²) in [4.78, 5) is 24.9. The molecule has 2 aromatic heterocycles. The summed E-state index contributed by atoms with van der Waals surface area (Å²) in [7, 11) is 0. The quantitative estimate of drug-likeness (QED) is 0.728. The number of nitrogens with two attached hydrogens (primary N) is 1. The van der Waals surface area contributed by atoms with E-state index in [1.165, 1.54) is 18.7 Å². The second-order valence-electron chi connectivity index (χ2n) is 6.47. The van der Waals surface area contributed by atoms with Crippen LogP contribution in [0.15, 0.2) is 35.2 Å². The molecule has 3 N–H and O–H groups in total. The number of carbonyl (C=O) groups excluding carboxylic acids is 1. The molecule has 0 atom stereocenters. The van der Waals surface area contributed by atoms with Crippen LogP contribution >= 0.6 is 0 Å². The molecule has 9 heteroatoms. The number of hydrogen-bond donors (Lipinski definition) is 2. The molecule has 7 nitrogen and oxygen atoms in total. The highest BCUT2D eigenvalue weighted by atomic mass is 19.2. The number of nitrogens with one attached hydrogen (secondary N) is 1. The molecule has 0 unspecified atom stereocenters. The van der Waals surface area contributed by atoms with Gasteiger partial charge in [0, 0.05) is 0 Å². The van der Waals surface area contributed by atoms with Gasteiger partial charge in [0.05, 0.1) is 17.4 Å². The van der Waals surface area contributed by atoms with Crippen molar-refractivity contribution in [3.8, 4) is 11.5 Å². The normalized spacial score (nSPS) is 11.4. The van der Waals surface area contributed by atoms with Crippen LogP contribution in [-0.2, 0) is 5.54 Å². The molecule has 2 heterocycles. The van der Waals surface area contributed by atoms with Crippen LogP contribution in [0.3, 0.4) is 0 Å². The van der Waals surface area contributed by atoms with E-state index in [9.17, 15) is 13.6 Å². The molecular formula is C18H17F2N5O2. The minimum Gasteiger partial charge on any atom is -0.442 e. The van der Waals surface area contributed by atoms with Gasteiger partial charge in [-0.15, -0.1) is 0 Å². The predicted molar refractivity (Wildman–Crippen MR) is 93.5 cm³/mol. The van der Waals surface area contributed by atoms with Crippen molar-refractivity contribution >= 4 is 11.7 Å². The first-order valence-electron chi connectivity index (χ1n) is 8.00. The number of aromatic nitrogens is 3. The predicted octanol–water partition coefficient (Wildman–Crippen LogP) is 2.97. The lowest BCUT2D eigenvalue weighted by molar-refractivity contribution is 0.0907. The maximum Gasteiger partial charge on any atom is 0.274 e. The van der Waals surface area contributed by atoms with Crippen molar-refractivity contribution in [2.24, 2.45) is 0 Å². The molecule has 0 saturated carbocycles. The summed E-state index contributed by atoms with van der Waals surface area (Å²) >= 11 is 0. The van der Waals surface area contributed by atoms with Gasteiger partial charge >= 0.3 is 0 Å². The summed E-state index contributed by atoms with van der Waals surface area (Å²) in [5.74, 6) is -2.27. The van der Waals surface area contributed by atoms with Crippen LogP contribution in [0.25, 0.3) is 11.5 Å². The van der Waals surface area contributed by atoms with Gasteiger partial charge in [-0.2, -0.15) is 0 Å². The van der Waals surface area contributed by atoms with E-state index in [1.807, 2.05) is 0 Å². The Morgan fingerprint density at radius 3 is 2.59 bits per heavy atom. The highest BCUT2D eigenvalue weighted by molar-refractivity contribution is 5.97. The van der Waals surface area contributed by atoms with E-state index in [4.69, 9.17) is 10.2 Å². The molecule has 0 saturated heterocycles.